The smallest absolute Gasteiger partial charge is 0.203 e. The molecule has 1 saturated carbocycles. The van der Waals surface area contributed by atoms with Crippen LogP contribution < -0.4 is 0 Å². The lowest BCUT2D eigenvalue weighted by molar-refractivity contribution is 0.0818. The zero-order valence-corrected chi connectivity index (χ0v) is 13.6. The number of halogens is 2. The Morgan fingerprint density at radius 3 is 2.70 bits per heavy atom. The van der Waals surface area contributed by atoms with Gasteiger partial charge in [-0.1, -0.05) is 13.8 Å². The maximum atomic E-state index is 14.3. The summed E-state index contributed by atoms with van der Waals surface area (Å²) in [4.78, 5) is 6.13. The van der Waals surface area contributed by atoms with Crippen molar-refractivity contribution in [2.24, 2.45) is 0 Å². The molecular formula is C17H22F2N2O2. The molecule has 2 atom stereocenters. The second-order valence-corrected chi connectivity index (χ2v) is 6.70. The predicted molar refractivity (Wildman–Crippen MR) is 83.1 cm³/mol. The Bertz CT molecular complexity index is 714. The van der Waals surface area contributed by atoms with Gasteiger partial charge in [-0.05, 0) is 32.4 Å². The van der Waals surface area contributed by atoms with E-state index in [0.29, 0.717) is 11.4 Å². The lowest BCUT2D eigenvalue weighted by atomic mass is 10.1. The average molecular weight is 324 g/mol. The molecule has 1 fully saturated rings. The van der Waals surface area contributed by atoms with Crippen molar-refractivity contribution in [1.29, 1.82) is 0 Å². The SMILES string of the molecule is CC(C)c1nc2cc(CN(C)[C@H]3CCC[C@@H]3O)c(F)c(F)c2o1. The van der Waals surface area contributed by atoms with Crippen LogP contribution in [0.5, 0.6) is 0 Å². The quantitative estimate of drug-likeness (QED) is 0.934. The first-order valence-electron chi connectivity index (χ1n) is 8.04. The molecule has 0 spiro atoms. The molecule has 0 unspecified atom stereocenters. The van der Waals surface area contributed by atoms with Crippen LogP contribution in [-0.4, -0.2) is 34.2 Å². The molecule has 1 aliphatic carbocycles. The van der Waals surface area contributed by atoms with E-state index in [1.807, 2.05) is 25.8 Å². The summed E-state index contributed by atoms with van der Waals surface area (Å²) in [5, 5.41) is 9.96. The molecule has 1 aromatic heterocycles. The number of benzene rings is 1. The van der Waals surface area contributed by atoms with Crippen LogP contribution >= 0.6 is 0 Å². The van der Waals surface area contributed by atoms with Gasteiger partial charge in [0.25, 0.3) is 0 Å². The fraction of sp³-hybridized carbons (Fsp3) is 0.588. The number of hydrogen-bond acceptors (Lipinski definition) is 4. The molecule has 2 aromatic rings. The lowest BCUT2D eigenvalue weighted by Gasteiger charge is -2.27. The summed E-state index contributed by atoms with van der Waals surface area (Å²) in [6, 6.07) is 1.53. The number of rotatable bonds is 4. The molecule has 1 aromatic carbocycles. The van der Waals surface area contributed by atoms with Crippen LogP contribution in [0.25, 0.3) is 11.1 Å². The number of oxazole rings is 1. The van der Waals surface area contributed by atoms with Crippen molar-refractivity contribution < 1.29 is 18.3 Å². The van der Waals surface area contributed by atoms with Crippen molar-refractivity contribution in [2.45, 2.75) is 57.7 Å². The highest BCUT2D eigenvalue weighted by atomic mass is 19.2. The van der Waals surface area contributed by atoms with Crippen LogP contribution in [0, 0.1) is 11.6 Å². The minimum Gasteiger partial charge on any atom is -0.437 e. The van der Waals surface area contributed by atoms with Gasteiger partial charge in [0, 0.05) is 24.1 Å². The van der Waals surface area contributed by atoms with Crippen LogP contribution in [-0.2, 0) is 6.54 Å². The molecule has 1 heterocycles. The molecular weight excluding hydrogens is 302 g/mol. The van der Waals surface area contributed by atoms with Gasteiger partial charge in [0.1, 0.15) is 5.52 Å². The summed E-state index contributed by atoms with van der Waals surface area (Å²) >= 11 is 0. The molecule has 0 aliphatic heterocycles. The molecule has 1 aliphatic rings. The minimum absolute atomic E-state index is 0.00428. The number of hydrogen-bond donors (Lipinski definition) is 1. The fourth-order valence-corrected chi connectivity index (χ4v) is 3.26. The first-order chi connectivity index (χ1) is 10.9. The van der Waals surface area contributed by atoms with Crippen LogP contribution in [0.1, 0.15) is 50.5 Å². The van der Waals surface area contributed by atoms with Gasteiger partial charge in [0.05, 0.1) is 6.10 Å². The lowest BCUT2D eigenvalue weighted by Crippen LogP contribution is -2.37. The Hall–Kier alpha value is -1.53. The van der Waals surface area contributed by atoms with Gasteiger partial charge in [0.2, 0.25) is 5.82 Å². The maximum Gasteiger partial charge on any atom is 0.203 e. The molecule has 4 nitrogen and oxygen atoms in total. The van der Waals surface area contributed by atoms with E-state index < -0.39 is 17.7 Å². The summed E-state index contributed by atoms with van der Waals surface area (Å²) in [7, 11) is 1.82. The van der Waals surface area contributed by atoms with E-state index in [1.165, 1.54) is 0 Å². The average Bonchev–Trinajstić information content (AvgIpc) is 3.10. The van der Waals surface area contributed by atoms with Crippen molar-refractivity contribution >= 4 is 11.1 Å². The zero-order chi connectivity index (χ0) is 16.7. The Balaban J connectivity index is 1.92. The Labute approximate surface area is 134 Å². The normalized spacial score (nSPS) is 21.9. The maximum absolute atomic E-state index is 14.3. The van der Waals surface area contributed by atoms with E-state index in [9.17, 15) is 13.9 Å². The summed E-state index contributed by atoms with van der Waals surface area (Å²) in [6.07, 6.45) is 2.17. The van der Waals surface area contributed by atoms with Crippen LogP contribution in [0.3, 0.4) is 0 Å². The molecule has 0 amide bonds. The summed E-state index contributed by atoms with van der Waals surface area (Å²) in [6.45, 7) is 3.99. The van der Waals surface area contributed by atoms with Crippen LogP contribution in [0.4, 0.5) is 8.78 Å². The molecule has 0 bridgehead atoms. The highest BCUT2D eigenvalue weighted by molar-refractivity contribution is 5.74. The Morgan fingerprint density at radius 1 is 1.35 bits per heavy atom. The molecule has 0 radical (unpaired) electrons. The molecule has 1 N–H and O–H groups in total. The van der Waals surface area contributed by atoms with Gasteiger partial charge in [0.15, 0.2) is 17.3 Å². The fourth-order valence-electron chi connectivity index (χ4n) is 3.26. The molecule has 3 rings (SSSR count). The number of likely N-dealkylation sites (N-methyl/N-ethyl adjacent to an activating group) is 1. The van der Waals surface area contributed by atoms with E-state index in [-0.39, 0.29) is 29.7 Å². The minimum atomic E-state index is -0.989. The van der Waals surface area contributed by atoms with Crippen LogP contribution in [0.2, 0.25) is 0 Å². The van der Waals surface area contributed by atoms with Crippen LogP contribution in [0.15, 0.2) is 10.5 Å². The second-order valence-electron chi connectivity index (χ2n) is 6.70. The summed E-state index contributed by atoms with van der Waals surface area (Å²) in [5.41, 5.74) is 0.446. The second kappa shape index (κ2) is 6.17. The van der Waals surface area contributed by atoms with Gasteiger partial charge < -0.3 is 9.52 Å². The highest BCUT2D eigenvalue weighted by Gasteiger charge is 2.29. The largest absolute Gasteiger partial charge is 0.437 e. The van der Waals surface area contributed by atoms with Gasteiger partial charge in [-0.2, -0.15) is 4.39 Å². The van der Waals surface area contributed by atoms with Crippen molar-refractivity contribution in [2.75, 3.05) is 7.05 Å². The number of aliphatic hydroxyl groups excluding tert-OH is 1. The molecule has 0 saturated heterocycles. The van der Waals surface area contributed by atoms with E-state index in [2.05, 4.69) is 4.98 Å². The van der Waals surface area contributed by atoms with Crippen molar-refractivity contribution in [3.05, 3.63) is 29.2 Å². The third kappa shape index (κ3) is 2.97. The number of nitrogens with zero attached hydrogens (tertiary/aromatic N) is 2. The molecule has 6 heteroatoms. The van der Waals surface area contributed by atoms with Crippen molar-refractivity contribution in [3.63, 3.8) is 0 Å². The predicted octanol–water partition coefficient (Wildman–Crippen LogP) is 3.57. The first kappa shape index (κ1) is 16.3. The van der Waals surface area contributed by atoms with E-state index in [4.69, 9.17) is 4.42 Å². The van der Waals surface area contributed by atoms with Gasteiger partial charge in [-0.25, -0.2) is 9.37 Å². The first-order valence-corrected chi connectivity index (χ1v) is 8.04. The Kier molecular flexibility index (Phi) is 4.38. The monoisotopic (exact) mass is 324 g/mol. The number of fused-ring (bicyclic) bond motifs is 1. The van der Waals surface area contributed by atoms with E-state index >= 15 is 0 Å². The van der Waals surface area contributed by atoms with Crippen molar-refractivity contribution in [3.8, 4) is 0 Å². The van der Waals surface area contributed by atoms with Gasteiger partial charge in [-0.15, -0.1) is 0 Å². The highest BCUT2D eigenvalue weighted by Crippen LogP contribution is 2.29. The zero-order valence-electron chi connectivity index (χ0n) is 13.6. The topological polar surface area (TPSA) is 49.5 Å². The number of aliphatic hydroxyl groups is 1. The summed E-state index contributed by atoms with van der Waals surface area (Å²) in [5.74, 6) is -1.49. The molecule has 23 heavy (non-hydrogen) atoms. The third-order valence-electron chi connectivity index (χ3n) is 4.58. The number of aromatic nitrogens is 1. The molecule has 126 valence electrons. The Morgan fingerprint density at radius 2 is 2.09 bits per heavy atom. The van der Waals surface area contributed by atoms with Gasteiger partial charge in [-0.3, -0.25) is 4.90 Å². The summed E-state index contributed by atoms with van der Waals surface area (Å²) < 4.78 is 33.9. The van der Waals surface area contributed by atoms with Crippen molar-refractivity contribution in [1.82, 2.24) is 9.88 Å². The standard InChI is InChI=1S/C17H22F2N2O2/c1-9(2)17-20-11-7-10(14(18)15(19)16(11)23-17)8-21(3)12-5-4-6-13(12)22/h7,9,12-13,22H,4-6,8H2,1-3H3/t12-,13-/m0/s1. The van der Waals surface area contributed by atoms with E-state index in [1.54, 1.807) is 6.07 Å². The van der Waals surface area contributed by atoms with Gasteiger partial charge >= 0.3 is 0 Å². The van der Waals surface area contributed by atoms with E-state index in [0.717, 1.165) is 19.3 Å². The third-order valence-corrected chi connectivity index (χ3v) is 4.58.